The molecule has 2 aromatic rings. The molecule has 3 aliphatic heterocycles. The van der Waals surface area contributed by atoms with Crippen molar-refractivity contribution in [2.75, 3.05) is 57.2 Å². The largest absolute Gasteiger partial charge is 0.469 e. The molecule has 5 heterocycles. The lowest BCUT2D eigenvalue weighted by Crippen LogP contribution is -2.36. The first kappa shape index (κ1) is 35.7. The summed E-state index contributed by atoms with van der Waals surface area (Å²) >= 11 is 1.88. The number of anilines is 1. The van der Waals surface area contributed by atoms with Crippen molar-refractivity contribution < 1.29 is 52.9 Å². The number of fused-ring (bicyclic) bond motifs is 2. The van der Waals surface area contributed by atoms with Crippen molar-refractivity contribution in [3.05, 3.63) is 12.7 Å². The van der Waals surface area contributed by atoms with Gasteiger partial charge in [0.15, 0.2) is 23.2 Å². The van der Waals surface area contributed by atoms with E-state index >= 15 is 0 Å². The molecule has 262 valence electrons. The van der Waals surface area contributed by atoms with Gasteiger partial charge in [-0.3, -0.25) is 13.9 Å². The number of phosphoric acid groups is 1. The Labute approximate surface area is 274 Å². The smallest absolute Gasteiger partial charge is 0.387 e. The summed E-state index contributed by atoms with van der Waals surface area (Å²) in [5, 5.41) is 33.0. The van der Waals surface area contributed by atoms with Gasteiger partial charge in [0, 0.05) is 30.5 Å². The molecule has 0 aliphatic carbocycles. The van der Waals surface area contributed by atoms with Gasteiger partial charge in [0.25, 0.3) is 0 Å². The van der Waals surface area contributed by atoms with Gasteiger partial charge in [0.1, 0.15) is 24.6 Å². The molecule has 0 saturated carbocycles. The maximum atomic E-state index is 12.1. The fraction of sp³-hybridized carbons (Fsp3) is 0.731. The quantitative estimate of drug-likeness (QED) is 0.0487. The Kier molecular flexibility index (Phi) is 12.6. The Balaban J connectivity index is 0.908. The lowest BCUT2D eigenvalue weighted by atomic mass is 10.0. The fourth-order valence-corrected chi connectivity index (χ4v) is 7.51. The number of nitrogens with one attached hydrogen (secondary N) is 4. The first-order valence-corrected chi connectivity index (χ1v) is 17.9. The van der Waals surface area contributed by atoms with Crippen LogP contribution in [-0.4, -0.2) is 139 Å². The van der Waals surface area contributed by atoms with Crippen molar-refractivity contribution in [2.24, 2.45) is 0 Å². The Morgan fingerprint density at radius 3 is 2.66 bits per heavy atom. The number of hydrogen-bond acceptors (Lipinski definition) is 14. The fourth-order valence-electron chi connectivity index (χ4n) is 5.62. The number of urea groups is 1. The van der Waals surface area contributed by atoms with Crippen molar-refractivity contribution in [3.63, 3.8) is 0 Å². The number of imidazole rings is 1. The molecular formula is C26H41N8O11PS. The Bertz CT molecular complexity index is 1400. The van der Waals surface area contributed by atoms with Gasteiger partial charge < -0.3 is 55.5 Å². The molecule has 47 heavy (non-hydrogen) atoms. The zero-order valence-electron chi connectivity index (χ0n) is 25.5. The van der Waals surface area contributed by atoms with Gasteiger partial charge in [-0.1, -0.05) is 6.42 Å². The van der Waals surface area contributed by atoms with Gasteiger partial charge >= 0.3 is 13.9 Å². The molecule has 8 N–H and O–H groups in total. The number of amides is 3. The number of nitrogens with zero attached hydrogens (tertiary/aromatic N) is 4. The summed E-state index contributed by atoms with van der Waals surface area (Å²) in [4.78, 5) is 54.1. The van der Waals surface area contributed by atoms with Crippen molar-refractivity contribution in [1.29, 1.82) is 0 Å². The van der Waals surface area contributed by atoms with Crippen LogP contribution in [0.2, 0.25) is 0 Å². The van der Waals surface area contributed by atoms with Crippen molar-refractivity contribution in [3.8, 4) is 0 Å². The summed E-state index contributed by atoms with van der Waals surface area (Å²) in [6, 6.07) is 0.325. The van der Waals surface area contributed by atoms with E-state index in [0.717, 1.165) is 25.0 Å². The predicted molar refractivity (Wildman–Crippen MR) is 166 cm³/mol. The minimum absolute atomic E-state index is 0.00566. The summed E-state index contributed by atoms with van der Waals surface area (Å²) in [6.07, 6.45) is 0.613. The zero-order chi connectivity index (χ0) is 33.4. The van der Waals surface area contributed by atoms with E-state index in [1.165, 1.54) is 17.2 Å². The van der Waals surface area contributed by atoms with Gasteiger partial charge in [-0.15, -0.1) is 0 Å². The van der Waals surface area contributed by atoms with Crippen LogP contribution in [0, 0.1) is 0 Å². The summed E-state index contributed by atoms with van der Waals surface area (Å²) in [7, 11) is -4.79. The van der Waals surface area contributed by atoms with Gasteiger partial charge in [0.05, 0.1) is 51.4 Å². The second kappa shape index (κ2) is 16.6. The van der Waals surface area contributed by atoms with Crippen LogP contribution in [0.3, 0.4) is 0 Å². The zero-order valence-corrected chi connectivity index (χ0v) is 27.2. The average molecular weight is 705 g/mol. The van der Waals surface area contributed by atoms with E-state index in [2.05, 4.69) is 40.7 Å². The number of aliphatic hydroxyl groups is 2. The van der Waals surface area contributed by atoms with E-state index in [-0.39, 0.29) is 24.0 Å². The standard InChI is InChI=1S/C26H41N8O11PS/c35-18(4-2-1-3-17-19-15(12-47-17)32-26(38)33-19)27-5-7-42-9-10-43-8-6-28-23-20-24(30-13-29-23)34(14-31-20)25-22(37)21(36)16(45-25)11-44-46(39,40)41/h13-17,19,21-22,25,36-37H,1-12H2,(H,27,35)(H,28,29,30)(H2,32,33,38)(H2,39,40,41)/t15?,16-,17+,19?,21-,22-,25-/m1/s1. The second-order valence-corrected chi connectivity index (χ2v) is 13.8. The van der Waals surface area contributed by atoms with Crippen LogP contribution >= 0.6 is 19.6 Å². The van der Waals surface area contributed by atoms with E-state index in [1.807, 2.05) is 11.8 Å². The molecule has 0 bridgehead atoms. The van der Waals surface area contributed by atoms with Crippen LogP contribution in [0.5, 0.6) is 0 Å². The molecule has 7 atom stereocenters. The minimum Gasteiger partial charge on any atom is -0.387 e. The highest BCUT2D eigenvalue weighted by atomic mass is 32.2. The molecule has 3 amide bonds. The number of hydrogen-bond donors (Lipinski definition) is 8. The molecule has 3 fully saturated rings. The molecule has 21 heteroatoms. The molecule has 5 rings (SSSR count). The third-order valence-electron chi connectivity index (χ3n) is 7.94. The topological polar surface area (TPSA) is 261 Å². The normalized spacial score (nSPS) is 27.1. The highest BCUT2D eigenvalue weighted by Gasteiger charge is 2.45. The number of aliphatic hydroxyl groups excluding tert-OH is 2. The van der Waals surface area contributed by atoms with Crippen LogP contribution in [0.15, 0.2) is 12.7 Å². The number of rotatable bonds is 19. The van der Waals surface area contributed by atoms with Crippen molar-refractivity contribution in [2.45, 2.75) is 67.6 Å². The number of carbonyl (C=O) groups is 2. The minimum atomic E-state index is -4.79. The first-order chi connectivity index (χ1) is 22.6. The highest BCUT2D eigenvalue weighted by molar-refractivity contribution is 8.00. The molecule has 3 saturated heterocycles. The maximum Gasteiger partial charge on any atom is 0.469 e. The number of ether oxygens (including phenoxy) is 3. The third kappa shape index (κ3) is 9.71. The molecule has 3 aliphatic rings. The van der Waals surface area contributed by atoms with Crippen molar-refractivity contribution >= 4 is 48.5 Å². The SMILES string of the molecule is O=C(CCCC[C@@H]1SCC2NC(=O)NC21)NCCOCCOCCNc1ncnc2c1ncn2[C@@H]1O[C@H](COP(=O)(O)O)[C@@H](O)[C@H]1O. The van der Waals surface area contributed by atoms with E-state index in [0.29, 0.717) is 68.2 Å². The molecule has 0 aromatic carbocycles. The second-order valence-electron chi connectivity index (χ2n) is 11.2. The van der Waals surface area contributed by atoms with E-state index < -0.39 is 39.0 Å². The van der Waals surface area contributed by atoms with Gasteiger partial charge in [0.2, 0.25) is 5.91 Å². The lowest BCUT2D eigenvalue weighted by molar-refractivity contribution is -0.121. The summed E-state index contributed by atoms with van der Waals surface area (Å²) in [6.45, 7) is 1.61. The van der Waals surface area contributed by atoms with Gasteiger partial charge in [-0.05, 0) is 12.8 Å². The lowest BCUT2D eigenvalue weighted by Gasteiger charge is -2.16. The van der Waals surface area contributed by atoms with Crippen molar-refractivity contribution in [1.82, 2.24) is 35.5 Å². The first-order valence-electron chi connectivity index (χ1n) is 15.3. The summed E-state index contributed by atoms with van der Waals surface area (Å²) in [5.41, 5.74) is 0.677. The highest BCUT2D eigenvalue weighted by Crippen LogP contribution is 2.39. The number of phosphoric ester groups is 1. The third-order valence-corrected chi connectivity index (χ3v) is 9.93. The van der Waals surface area contributed by atoms with Gasteiger partial charge in [-0.25, -0.2) is 24.3 Å². The number of unbranched alkanes of at least 4 members (excludes halogenated alkanes) is 1. The Morgan fingerprint density at radius 1 is 1.09 bits per heavy atom. The number of carbonyl (C=O) groups excluding carboxylic acids is 2. The van der Waals surface area contributed by atoms with Gasteiger partial charge in [-0.2, -0.15) is 11.8 Å². The summed E-state index contributed by atoms with van der Waals surface area (Å²) in [5.74, 6) is 1.33. The van der Waals surface area contributed by atoms with E-state index in [4.69, 9.17) is 24.0 Å². The Morgan fingerprint density at radius 2 is 1.87 bits per heavy atom. The molecule has 0 radical (unpaired) electrons. The number of aromatic nitrogens is 4. The van der Waals surface area contributed by atoms with Crippen LogP contribution in [0.25, 0.3) is 11.2 Å². The average Bonchev–Trinajstić information content (AvgIpc) is 3.79. The van der Waals surface area contributed by atoms with E-state index in [9.17, 15) is 24.4 Å². The monoisotopic (exact) mass is 704 g/mol. The van der Waals surface area contributed by atoms with Crippen LogP contribution < -0.4 is 21.3 Å². The van der Waals surface area contributed by atoms with E-state index in [1.54, 1.807) is 0 Å². The molecular weight excluding hydrogens is 663 g/mol. The Hall–Kier alpha value is -2.65. The number of thioether (sulfide) groups is 1. The predicted octanol–water partition coefficient (Wildman–Crippen LogP) is -1.16. The van der Waals surface area contributed by atoms with Crippen LogP contribution in [0.1, 0.15) is 31.9 Å². The molecule has 2 unspecified atom stereocenters. The maximum absolute atomic E-state index is 12.1. The van der Waals surface area contributed by atoms with Crippen LogP contribution in [0.4, 0.5) is 10.6 Å². The molecule has 2 aromatic heterocycles. The summed E-state index contributed by atoms with van der Waals surface area (Å²) < 4.78 is 33.5. The van der Waals surface area contributed by atoms with Crippen LogP contribution in [-0.2, 0) is 28.1 Å². The molecule has 19 nitrogen and oxygen atoms in total. The molecule has 0 spiro atoms.